The molecule has 1 aliphatic carbocycles. The molecule has 0 spiro atoms. The smallest absolute Gasteiger partial charge is 0.257 e. The van der Waals surface area contributed by atoms with Gasteiger partial charge >= 0.3 is 0 Å². The molecule has 0 amide bonds. The van der Waals surface area contributed by atoms with Crippen molar-refractivity contribution in [2.75, 3.05) is 11.1 Å². The van der Waals surface area contributed by atoms with Crippen molar-refractivity contribution >= 4 is 11.8 Å². The Balaban J connectivity index is 1.48. The van der Waals surface area contributed by atoms with Gasteiger partial charge in [0.05, 0.1) is 0 Å². The maximum atomic E-state index is 5.70. The number of rotatable bonds is 5. The molecule has 1 aliphatic rings. The Morgan fingerprint density at radius 3 is 2.60 bits per heavy atom. The van der Waals surface area contributed by atoms with Crippen LogP contribution in [0.15, 0.2) is 34.9 Å². The maximum Gasteiger partial charge on any atom is 0.257 e. The lowest BCUT2D eigenvalue weighted by atomic mass is 10.1. The van der Waals surface area contributed by atoms with Gasteiger partial charge in [-0.25, -0.2) is 4.98 Å². The Morgan fingerprint density at radius 2 is 1.92 bits per heavy atom. The summed E-state index contributed by atoms with van der Waals surface area (Å²) in [5, 5.41) is 7.40. The molecule has 2 aromatic heterocycles. The number of nitrogen functional groups attached to an aromatic ring is 1. The van der Waals surface area contributed by atoms with Gasteiger partial charge in [0, 0.05) is 29.3 Å². The second-order valence-corrected chi connectivity index (χ2v) is 6.47. The van der Waals surface area contributed by atoms with E-state index in [1.54, 1.807) is 0 Å². The van der Waals surface area contributed by atoms with Crippen LogP contribution in [0.25, 0.3) is 11.5 Å². The van der Waals surface area contributed by atoms with Gasteiger partial charge in [0.15, 0.2) is 5.82 Å². The molecule has 0 aliphatic heterocycles. The molecular formula is C18H20N6O. The molecule has 7 nitrogen and oxygen atoms in total. The van der Waals surface area contributed by atoms with E-state index in [9.17, 15) is 0 Å². The fraction of sp³-hybridized carbons (Fsp3) is 0.333. The topological polar surface area (TPSA) is 103 Å². The first-order chi connectivity index (χ1) is 12.1. The number of aromatic nitrogens is 4. The van der Waals surface area contributed by atoms with Crippen molar-refractivity contribution in [3.63, 3.8) is 0 Å². The first-order valence-corrected chi connectivity index (χ1v) is 8.40. The predicted octanol–water partition coefficient (Wildman–Crippen LogP) is 3.47. The van der Waals surface area contributed by atoms with Crippen molar-refractivity contribution in [3.8, 4) is 11.5 Å². The Morgan fingerprint density at radius 1 is 1.16 bits per heavy atom. The van der Waals surface area contributed by atoms with Crippen LogP contribution in [-0.4, -0.2) is 20.1 Å². The summed E-state index contributed by atoms with van der Waals surface area (Å²) in [6, 6.07) is 10.0. The minimum absolute atomic E-state index is 0.0764. The average Bonchev–Trinajstić information content (AvgIpc) is 3.31. The Kier molecular flexibility index (Phi) is 3.83. The summed E-state index contributed by atoms with van der Waals surface area (Å²) in [4.78, 5) is 12.8. The van der Waals surface area contributed by atoms with Crippen LogP contribution in [0.2, 0.25) is 0 Å². The van der Waals surface area contributed by atoms with Crippen molar-refractivity contribution in [1.82, 2.24) is 20.1 Å². The fourth-order valence-corrected chi connectivity index (χ4v) is 2.74. The number of aryl methyl sites for hydroxylation is 1. The predicted molar refractivity (Wildman–Crippen MR) is 94.9 cm³/mol. The minimum atomic E-state index is 0.0764. The summed E-state index contributed by atoms with van der Waals surface area (Å²) in [5.74, 6) is 2.88. The van der Waals surface area contributed by atoms with Crippen LogP contribution in [0.1, 0.15) is 48.8 Å². The first-order valence-electron chi connectivity index (χ1n) is 8.40. The monoisotopic (exact) mass is 336 g/mol. The van der Waals surface area contributed by atoms with E-state index in [1.807, 2.05) is 37.3 Å². The van der Waals surface area contributed by atoms with Crippen LogP contribution in [0.3, 0.4) is 0 Å². The SMILES string of the molecule is Cc1cc(N[C@@H](C)c2ccc(-c3nc(C4CC4)no3)cc2)nc(N)n1. The number of benzene rings is 1. The van der Waals surface area contributed by atoms with Crippen LogP contribution in [-0.2, 0) is 0 Å². The summed E-state index contributed by atoms with van der Waals surface area (Å²) in [7, 11) is 0. The van der Waals surface area contributed by atoms with Crippen LogP contribution >= 0.6 is 0 Å². The van der Waals surface area contributed by atoms with Gasteiger partial charge in [-0.1, -0.05) is 17.3 Å². The summed E-state index contributed by atoms with van der Waals surface area (Å²) < 4.78 is 5.37. The average molecular weight is 336 g/mol. The Labute approximate surface area is 145 Å². The quantitative estimate of drug-likeness (QED) is 0.735. The number of hydrogen-bond donors (Lipinski definition) is 2. The minimum Gasteiger partial charge on any atom is -0.368 e. The lowest BCUT2D eigenvalue weighted by Gasteiger charge is -2.15. The van der Waals surface area contributed by atoms with E-state index >= 15 is 0 Å². The van der Waals surface area contributed by atoms with Gasteiger partial charge < -0.3 is 15.6 Å². The van der Waals surface area contributed by atoms with E-state index < -0.39 is 0 Å². The van der Waals surface area contributed by atoms with Crippen molar-refractivity contribution in [1.29, 1.82) is 0 Å². The number of hydrogen-bond acceptors (Lipinski definition) is 7. The third kappa shape index (κ3) is 3.45. The molecule has 1 aromatic carbocycles. The number of nitrogens with zero attached hydrogens (tertiary/aromatic N) is 4. The molecule has 0 radical (unpaired) electrons. The van der Waals surface area contributed by atoms with E-state index in [0.717, 1.165) is 35.5 Å². The Bertz CT molecular complexity index is 865. The Hall–Kier alpha value is -2.96. The summed E-state index contributed by atoms with van der Waals surface area (Å²) >= 11 is 0. The molecule has 7 heteroatoms. The zero-order chi connectivity index (χ0) is 17.4. The molecule has 2 heterocycles. The second kappa shape index (κ2) is 6.16. The van der Waals surface area contributed by atoms with Gasteiger partial charge in [0.25, 0.3) is 5.89 Å². The number of nitrogens with one attached hydrogen (secondary N) is 1. The van der Waals surface area contributed by atoms with Gasteiger partial charge in [-0.15, -0.1) is 0 Å². The van der Waals surface area contributed by atoms with Crippen LogP contribution in [0.4, 0.5) is 11.8 Å². The maximum absolute atomic E-state index is 5.70. The molecule has 0 unspecified atom stereocenters. The molecular weight excluding hydrogens is 316 g/mol. The standard InChI is InChI=1S/C18H20N6O/c1-10-9-15(22-18(19)20-10)21-11(2)12-3-7-14(8-4-12)17-23-16(24-25-17)13-5-6-13/h3-4,7-9,11,13H,5-6H2,1-2H3,(H3,19,20,21,22)/t11-/m0/s1. The van der Waals surface area contributed by atoms with E-state index in [2.05, 4.69) is 32.3 Å². The van der Waals surface area contributed by atoms with Gasteiger partial charge in [0.1, 0.15) is 5.82 Å². The third-order valence-electron chi connectivity index (χ3n) is 4.28. The van der Waals surface area contributed by atoms with Crippen LogP contribution < -0.4 is 11.1 Å². The summed E-state index contributed by atoms with van der Waals surface area (Å²) in [6.45, 7) is 3.96. The molecule has 3 N–H and O–H groups in total. The number of nitrogens with two attached hydrogens (primary N) is 1. The highest BCUT2D eigenvalue weighted by Gasteiger charge is 2.28. The zero-order valence-corrected chi connectivity index (χ0v) is 14.2. The summed E-state index contributed by atoms with van der Waals surface area (Å²) in [5.41, 5.74) is 8.59. The van der Waals surface area contributed by atoms with E-state index in [1.165, 1.54) is 0 Å². The molecule has 1 saturated carbocycles. The molecule has 0 saturated heterocycles. The van der Waals surface area contributed by atoms with Gasteiger partial charge in [-0.3, -0.25) is 0 Å². The second-order valence-electron chi connectivity index (χ2n) is 6.47. The van der Waals surface area contributed by atoms with Gasteiger partial charge in [-0.2, -0.15) is 9.97 Å². The molecule has 1 fully saturated rings. The molecule has 4 rings (SSSR count). The van der Waals surface area contributed by atoms with E-state index in [0.29, 0.717) is 17.6 Å². The first kappa shape index (κ1) is 15.6. The fourth-order valence-electron chi connectivity index (χ4n) is 2.74. The van der Waals surface area contributed by atoms with E-state index in [-0.39, 0.29) is 12.0 Å². The molecule has 0 bridgehead atoms. The highest BCUT2D eigenvalue weighted by atomic mass is 16.5. The van der Waals surface area contributed by atoms with Crippen molar-refractivity contribution < 1.29 is 4.52 Å². The zero-order valence-electron chi connectivity index (χ0n) is 14.2. The highest BCUT2D eigenvalue weighted by Crippen LogP contribution is 2.38. The van der Waals surface area contributed by atoms with Crippen LogP contribution in [0, 0.1) is 6.92 Å². The van der Waals surface area contributed by atoms with E-state index in [4.69, 9.17) is 10.3 Å². The van der Waals surface area contributed by atoms with Crippen molar-refractivity contribution in [2.24, 2.45) is 0 Å². The molecule has 25 heavy (non-hydrogen) atoms. The van der Waals surface area contributed by atoms with Crippen molar-refractivity contribution in [2.45, 2.75) is 38.6 Å². The van der Waals surface area contributed by atoms with Crippen LogP contribution in [0.5, 0.6) is 0 Å². The lowest BCUT2D eigenvalue weighted by molar-refractivity contribution is 0.422. The molecule has 128 valence electrons. The highest BCUT2D eigenvalue weighted by molar-refractivity contribution is 5.54. The molecule has 3 aromatic rings. The van der Waals surface area contributed by atoms with Crippen molar-refractivity contribution in [3.05, 3.63) is 47.4 Å². The van der Waals surface area contributed by atoms with Gasteiger partial charge in [0.2, 0.25) is 5.95 Å². The normalized spacial score (nSPS) is 15.1. The third-order valence-corrected chi connectivity index (χ3v) is 4.28. The summed E-state index contributed by atoms with van der Waals surface area (Å²) in [6.07, 6.45) is 2.32. The van der Waals surface area contributed by atoms with Gasteiger partial charge in [-0.05, 0) is 44.4 Å². The molecule has 1 atom stereocenters. The number of anilines is 2. The lowest BCUT2D eigenvalue weighted by Crippen LogP contribution is -2.09. The largest absolute Gasteiger partial charge is 0.368 e.